The SMILES string of the molecule is COC(=O)N1CCc2ccc3c(nc(Cc4cc(O)no4)n3[C@H](C)Cc3ccccc3)c2C1. The summed E-state index contributed by atoms with van der Waals surface area (Å²) in [6.45, 7) is 3.27. The van der Waals surface area contributed by atoms with Gasteiger partial charge in [-0.1, -0.05) is 36.4 Å². The zero-order valence-corrected chi connectivity index (χ0v) is 18.7. The fourth-order valence-electron chi connectivity index (χ4n) is 4.73. The Morgan fingerprint density at radius 2 is 2.06 bits per heavy atom. The highest BCUT2D eigenvalue weighted by Crippen LogP contribution is 2.32. The molecule has 0 bridgehead atoms. The highest BCUT2D eigenvalue weighted by atomic mass is 16.5. The lowest BCUT2D eigenvalue weighted by molar-refractivity contribution is 0.119. The van der Waals surface area contributed by atoms with Crippen molar-refractivity contribution in [1.29, 1.82) is 0 Å². The number of methoxy groups -OCH3 is 1. The molecule has 0 saturated heterocycles. The van der Waals surface area contributed by atoms with Gasteiger partial charge in [-0.2, -0.15) is 0 Å². The molecule has 0 aliphatic carbocycles. The van der Waals surface area contributed by atoms with Gasteiger partial charge in [0.2, 0.25) is 0 Å². The van der Waals surface area contributed by atoms with Crippen LogP contribution >= 0.6 is 0 Å². The summed E-state index contributed by atoms with van der Waals surface area (Å²) in [5.41, 5.74) is 5.40. The van der Waals surface area contributed by atoms with Crippen LogP contribution in [0.1, 0.15) is 41.2 Å². The fourth-order valence-corrected chi connectivity index (χ4v) is 4.73. The monoisotopic (exact) mass is 446 g/mol. The Labute approximate surface area is 191 Å². The molecule has 1 N–H and O–H groups in total. The number of aromatic hydroxyl groups is 1. The number of carbonyl (C=O) groups excluding carboxylic acids is 1. The highest BCUT2D eigenvalue weighted by Gasteiger charge is 2.26. The Morgan fingerprint density at radius 3 is 2.79 bits per heavy atom. The number of amides is 1. The van der Waals surface area contributed by atoms with E-state index in [2.05, 4.69) is 40.9 Å². The van der Waals surface area contributed by atoms with Crippen molar-refractivity contribution < 1.29 is 19.2 Å². The van der Waals surface area contributed by atoms with Crippen LogP contribution in [0.15, 0.2) is 53.1 Å². The number of imidazole rings is 1. The maximum absolute atomic E-state index is 12.2. The van der Waals surface area contributed by atoms with E-state index in [9.17, 15) is 9.90 Å². The smallest absolute Gasteiger partial charge is 0.409 e. The van der Waals surface area contributed by atoms with Gasteiger partial charge in [0.1, 0.15) is 11.6 Å². The van der Waals surface area contributed by atoms with Crippen molar-refractivity contribution in [3.63, 3.8) is 0 Å². The molecule has 0 fully saturated rings. The average Bonchev–Trinajstić information content (AvgIpc) is 3.41. The molecule has 8 heteroatoms. The minimum Gasteiger partial charge on any atom is -0.491 e. The Kier molecular flexibility index (Phi) is 5.50. The van der Waals surface area contributed by atoms with E-state index in [1.54, 1.807) is 4.90 Å². The Bertz CT molecular complexity index is 1290. The van der Waals surface area contributed by atoms with Crippen LogP contribution in [0.25, 0.3) is 11.0 Å². The Hall–Kier alpha value is -3.81. The second-order valence-corrected chi connectivity index (χ2v) is 8.48. The molecule has 170 valence electrons. The first-order valence-corrected chi connectivity index (χ1v) is 11.1. The van der Waals surface area contributed by atoms with E-state index < -0.39 is 0 Å². The number of ether oxygens (including phenoxy) is 1. The normalized spacial score (nSPS) is 14.3. The van der Waals surface area contributed by atoms with Crippen molar-refractivity contribution in [2.24, 2.45) is 0 Å². The third-order valence-corrected chi connectivity index (χ3v) is 6.26. The van der Waals surface area contributed by atoms with E-state index in [4.69, 9.17) is 14.2 Å². The molecule has 2 aromatic heterocycles. The maximum Gasteiger partial charge on any atom is 0.409 e. The molecule has 0 spiro atoms. The van der Waals surface area contributed by atoms with Gasteiger partial charge in [-0.3, -0.25) is 0 Å². The lowest BCUT2D eigenvalue weighted by Crippen LogP contribution is -2.35. The average molecular weight is 447 g/mol. The highest BCUT2D eigenvalue weighted by molar-refractivity contribution is 5.82. The molecule has 2 aromatic carbocycles. The summed E-state index contributed by atoms with van der Waals surface area (Å²) < 4.78 is 12.5. The van der Waals surface area contributed by atoms with Crippen LogP contribution in [0.5, 0.6) is 5.88 Å². The van der Waals surface area contributed by atoms with Crippen molar-refractivity contribution >= 4 is 17.1 Å². The number of aromatic nitrogens is 3. The quantitative estimate of drug-likeness (QED) is 0.493. The number of rotatable bonds is 5. The van der Waals surface area contributed by atoms with Crippen molar-refractivity contribution in [1.82, 2.24) is 19.6 Å². The molecule has 1 aliphatic rings. The summed E-state index contributed by atoms with van der Waals surface area (Å²) >= 11 is 0. The molecule has 1 atom stereocenters. The van der Waals surface area contributed by atoms with E-state index in [-0.39, 0.29) is 18.0 Å². The Balaban J connectivity index is 1.60. The van der Waals surface area contributed by atoms with Crippen LogP contribution < -0.4 is 0 Å². The first kappa shape index (κ1) is 21.1. The predicted octanol–water partition coefficient (Wildman–Crippen LogP) is 4.25. The third-order valence-electron chi connectivity index (χ3n) is 6.26. The molecule has 5 rings (SSSR count). The minimum atomic E-state index is -0.327. The lowest BCUT2D eigenvalue weighted by atomic mass is 9.98. The number of carbonyl (C=O) groups is 1. The predicted molar refractivity (Wildman–Crippen MR) is 122 cm³/mol. The second kappa shape index (κ2) is 8.61. The summed E-state index contributed by atoms with van der Waals surface area (Å²) in [7, 11) is 1.41. The van der Waals surface area contributed by atoms with E-state index in [0.29, 0.717) is 25.3 Å². The number of nitrogens with zero attached hydrogens (tertiary/aromatic N) is 4. The molecule has 0 saturated carbocycles. The van der Waals surface area contributed by atoms with Gasteiger partial charge < -0.3 is 23.8 Å². The molecule has 8 nitrogen and oxygen atoms in total. The molecule has 0 radical (unpaired) electrons. The van der Waals surface area contributed by atoms with Gasteiger partial charge in [-0.15, -0.1) is 0 Å². The Morgan fingerprint density at radius 1 is 1.24 bits per heavy atom. The van der Waals surface area contributed by atoms with Gasteiger partial charge in [-0.05, 0) is 42.1 Å². The van der Waals surface area contributed by atoms with Crippen molar-refractivity contribution in [2.75, 3.05) is 13.7 Å². The number of hydrogen-bond acceptors (Lipinski definition) is 6. The number of benzene rings is 2. The topological polar surface area (TPSA) is 93.6 Å². The fraction of sp³-hybridized carbons (Fsp3) is 0.320. The minimum absolute atomic E-state index is 0.127. The van der Waals surface area contributed by atoms with E-state index in [1.807, 2.05) is 18.2 Å². The first-order valence-electron chi connectivity index (χ1n) is 11.1. The molecule has 33 heavy (non-hydrogen) atoms. The van der Waals surface area contributed by atoms with Gasteiger partial charge in [0.15, 0.2) is 0 Å². The molecule has 3 heterocycles. The van der Waals surface area contributed by atoms with Gasteiger partial charge in [0, 0.05) is 24.2 Å². The zero-order valence-electron chi connectivity index (χ0n) is 18.7. The molecule has 1 aliphatic heterocycles. The van der Waals surface area contributed by atoms with Gasteiger partial charge in [-0.25, -0.2) is 9.78 Å². The molecule has 0 unspecified atom stereocenters. The largest absolute Gasteiger partial charge is 0.491 e. The summed E-state index contributed by atoms with van der Waals surface area (Å²) in [6, 6.07) is 16.3. The van der Waals surface area contributed by atoms with Crippen LogP contribution in [0, 0.1) is 0 Å². The standard InChI is InChI=1S/C25H26N4O4/c1-16(12-17-6-4-3-5-7-17)29-21-9-8-18-10-11-28(25(31)32-2)15-20(18)24(21)26-22(29)13-19-14-23(30)27-33-19/h3-9,14,16H,10-13,15H2,1-2H3,(H,27,30)/t16-/m1/s1. The van der Waals surface area contributed by atoms with Crippen LogP contribution in [0.2, 0.25) is 0 Å². The molecular formula is C25H26N4O4. The van der Waals surface area contributed by atoms with Crippen LogP contribution in [-0.2, 0) is 30.5 Å². The summed E-state index contributed by atoms with van der Waals surface area (Å²) in [4.78, 5) is 18.9. The van der Waals surface area contributed by atoms with E-state index >= 15 is 0 Å². The van der Waals surface area contributed by atoms with Crippen molar-refractivity contribution in [3.8, 4) is 5.88 Å². The molecule has 4 aromatic rings. The lowest BCUT2D eigenvalue weighted by Gasteiger charge is -2.28. The summed E-state index contributed by atoms with van der Waals surface area (Å²) in [6.07, 6.45) is 1.67. The number of hydrogen-bond donors (Lipinski definition) is 1. The number of fused-ring (bicyclic) bond motifs is 3. The van der Waals surface area contributed by atoms with Crippen LogP contribution in [0.4, 0.5) is 4.79 Å². The van der Waals surface area contributed by atoms with Crippen molar-refractivity contribution in [3.05, 3.63) is 76.8 Å². The summed E-state index contributed by atoms with van der Waals surface area (Å²) in [5.74, 6) is 1.23. The third kappa shape index (κ3) is 4.04. The summed E-state index contributed by atoms with van der Waals surface area (Å²) in [5, 5.41) is 13.2. The second-order valence-electron chi connectivity index (χ2n) is 8.48. The molecule has 1 amide bonds. The van der Waals surface area contributed by atoms with Gasteiger partial charge >= 0.3 is 6.09 Å². The van der Waals surface area contributed by atoms with E-state index in [0.717, 1.165) is 35.3 Å². The van der Waals surface area contributed by atoms with Gasteiger partial charge in [0.25, 0.3) is 5.88 Å². The zero-order chi connectivity index (χ0) is 22.9. The maximum atomic E-state index is 12.2. The van der Waals surface area contributed by atoms with Crippen molar-refractivity contribution in [2.45, 2.75) is 38.8 Å². The van der Waals surface area contributed by atoms with Gasteiger partial charge in [0.05, 0.1) is 31.1 Å². The van der Waals surface area contributed by atoms with E-state index in [1.165, 1.54) is 24.3 Å². The van der Waals surface area contributed by atoms with Crippen LogP contribution in [-0.4, -0.2) is 44.5 Å². The first-order chi connectivity index (χ1) is 16.0. The molecular weight excluding hydrogens is 420 g/mol. The van der Waals surface area contributed by atoms with Crippen LogP contribution in [0.3, 0.4) is 0 Å².